The normalized spacial score (nSPS) is 7.18. The Labute approximate surface area is 108 Å². The number of hydrogen-bond acceptors (Lipinski definition) is 3. The molecule has 0 atom stereocenters. The second kappa shape index (κ2) is 36.1. The molecule has 110 valence electrons. The van der Waals surface area contributed by atoms with Crippen molar-refractivity contribution < 1.29 is 15.0 Å². The third-order valence-corrected chi connectivity index (χ3v) is 1.37. The molecule has 0 unspecified atom stereocenters. The van der Waals surface area contributed by atoms with Gasteiger partial charge in [-0.05, 0) is 27.7 Å². The van der Waals surface area contributed by atoms with Crippen LogP contribution in [-0.2, 0) is 9.53 Å². The predicted octanol–water partition coefficient (Wildman–Crippen LogP) is 3.56. The summed E-state index contributed by atoms with van der Waals surface area (Å²) in [4.78, 5) is 9.44. The summed E-state index contributed by atoms with van der Waals surface area (Å²) in [5.41, 5.74) is 0. The van der Waals surface area contributed by atoms with Gasteiger partial charge in [-0.1, -0.05) is 39.5 Å². The first-order valence-electron chi connectivity index (χ1n) is 6.11. The van der Waals surface area contributed by atoms with E-state index in [0.29, 0.717) is 0 Å². The zero-order chi connectivity index (χ0) is 12.5. The van der Waals surface area contributed by atoms with Crippen molar-refractivity contribution in [3.63, 3.8) is 0 Å². The molecular formula is C13H35NO3. The molecule has 0 radical (unpaired) electrons. The maximum Gasteiger partial charge on any atom is 0.126 e. The molecule has 0 heterocycles. The Morgan fingerprint density at radius 2 is 1.12 bits per heavy atom. The summed E-state index contributed by atoms with van der Waals surface area (Å²) in [5.74, 6) is 0.167. The number of hydrogen-bond donors (Lipinski definition) is 1. The van der Waals surface area contributed by atoms with Crippen LogP contribution in [0, 0.1) is 0 Å². The van der Waals surface area contributed by atoms with E-state index in [9.17, 15) is 4.79 Å². The first kappa shape index (κ1) is 30.0. The number of ketones is 1. The monoisotopic (exact) mass is 253 g/mol. The van der Waals surface area contributed by atoms with E-state index in [4.69, 9.17) is 4.74 Å². The smallest absolute Gasteiger partial charge is 0.126 e. The highest BCUT2D eigenvalue weighted by molar-refractivity contribution is 5.72. The summed E-state index contributed by atoms with van der Waals surface area (Å²) in [5, 5.41) is 0. The lowest BCUT2D eigenvalue weighted by atomic mass is 10.2. The number of ether oxygens (including phenoxy) is 1. The van der Waals surface area contributed by atoms with Gasteiger partial charge in [0.15, 0.2) is 0 Å². The van der Waals surface area contributed by atoms with Gasteiger partial charge in [-0.15, -0.1) is 0 Å². The topological polar surface area (TPSA) is 92.8 Å². The molecule has 0 spiro atoms. The Kier molecular flexibility index (Phi) is 63.7. The third-order valence-electron chi connectivity index (χ3n) is 1.37. The highest BCUT2D eigenvalue weighted by Crippen LogP contribution is 1.95. The summed E-state index contributed by atoms with van der Waals surface area (Å²) in [6.45, 7) is 13.2. The van der Waals surface area contributed by atoms with Gasteiger partial charge in [-0.3, -0.25) is 0 Å². The van der Waals surface area contributed by atoms with Gasteiger partial charge in [0.1, 0.15) is 5.78 Å². The molecule has 0 aromatic heterocycles. The molecular weight excluding hydrogens is 218 g/mol. The van der Waals surface area contributed by atoms with E-state index in [1.54, 1.807) is 0 Å². The van der Waals surface area contributed by atoms with E-state index in [0.717, 1.165) is 13.2 Å². The molecule has 0 aliphatic rings. The molecule has 4 heteroatoms. The van der Waals surface area contributed by atoms with Crippen molar-refractivity contribution in [1.82, 2.24) is 6.15 Å². The first-order valence-corrected chi connectivity index (χ1v) is 6.11. The molecule has 5 N–H and O–H groups in total. The van der Waals surface area contributed by atoms with E-state index in [-0.39, 0.29) is 17.4 Å². The van der Waals surface area contributed by atoms with Crippen molar-refractivity contribution in [1.29, 1.82) is 0 Å². The summed E-state index contributed by atoms with van der Waals surface area (Å²) in [7, 11) is 0. The van der Waals surface area contributed by atoms with Crippen molar-refractivity contribution in [3.8, 4) is 0 Å². The lowest BCUT2D eigenvalue weighted by Crippen LogP contribution is -1.84. The van der Waals surface area contributed by atoms with Crippen LogP contribution < -0.4 is 6.15 Å². The van der Waals surface area contributed by atoms with E-state index in [1.807, 2.05) is 13.8 Å². The summed E-state index contributed by atoms with van der Waals surface area (Å²) >= 11 is 0. The molecule has 0 rings (SSSR count). The number of rotatable bonds is 5. The first-order chi connectivity index (χ1) is 7.06. The average Bonchev–Trinajstić information content (AvgIpc) is 2.16. The number of carbonyl (C=O) groups is 1. The zero-order valence-corrected chi connectivity index (χ0v) is 12.8. The van der Waals surface area contributed by atoms with Crippen LogP contribution in [0.4, 0.5) is 0 Å². The van der Waals surface area contributed by atoms with Crippen LogP contribution in [0.25, 0.3) is 0 Å². The highest BCUT2D eigenvalue weighted by atomic mass is 16.5. The zero-order valence-electron chi connectivity index (χ0n) is 12.8. The molecule has 0 aliphatic carbocycles. The van der Waals surface area contributed by atoms with Crippen LogP contribution in [0.2, 0.25) is 0 Å². The molecule has 0 aromatic rings. The third kappa shape index (κ3) is 138. The van der Waals surface area contributed by atoms with Gasteiger partial charge in [0.2, 0.25) is 0 Å². The number of carbonyl (C=O) groups excluding carboxylic acids is 1. The van der Waals surface area contributed by atoms with Crippen molar-refractivity contribution >= 4 is 5.78 Å². The molecule has 0 fully saturated rings. The van der Waals surface area contributed by atoms with Crippen molar-refractivity contribution in [3.05, 3.63) is 0 Å². The fraction of sp³-hybridized carbons (Fsp3) is 0.923. The molecule has 4 nitrogen and oxygen atoms in total. The summed E-state index contributed by atoms with van der Waals surface area (Å²) in [6, 6.07) is 0. The maximum atomic E-state index is 9.44. The van der Waals surface area contributed by atoms with E-state index in [1.165, 1.54) is 39.5 Å². The molecule has 17 heavy (non-hydrogen) atoms. The molecule has 0 bridgehead atoms. The minimum atomic E-state index is 0. The Bertz CT molecular complexity index is 98.8. The second-order valence-corrected chi connectivity index (χ2v) is 3.40. The van der Waals surface area contributed by atoms with Crippen molar-refractivity contribution in [2.24, 2.45) is 0 Å². The lowest BCUT2D eigenvalue weighted by molar-refractivity contribution is -0.114. The summed E-state index contributed by atoms with van der Waals surface area (Å²) in [6.07, 6.45) is 5.54. The average molecular weight is 253 g/mol. The van der Waals surface area contributed by atoms with Gasteiger partial charge in [0, 0.05) is 13.2 Å². The van der Waals surface area contributed by atoms with Gasteiger partial charge < -0.3 is 21.2 Å². The standard InChI is InChI=1S/C6H14.C4H10O.C3H6O.H3N.H2O/c1-3-5-6-4-2;1-3-5-4-2;1-3(2)4;;/h3-6H2,1-2H3;3-4H2,1-2H3;1-2H3;1H3;1H2. The quantitative estimate of drug-likeness (QED) is 0.759. The Balaban J connectivity index is -0.0000000407. The lowest BCUT2D eigenvalue weighted by Gasteiger charge is -1.86. The minimum Gasteiger partial charge on any atom is -0.412 e. The van der Waals surface area contributed by atoms with Gasteiger partial charge in [-0.2, -0.15) is 0 Å². The SMILES string of the molecule is CC(C)=O.CCCCCC.CCOCC.N.O. The van der Waals surface area contributed by atoms with Gasteiger partial charge in [0.25, 0.3) is 0 Å². The van der Waals surface area contributed by atoms with E-state index < -0.39 is 0 Å². The highest BCUT2D eigenvalue weighted by Gasteiger charge is 1.75. The minimum absolute atomic E-state index is 0. The summed E-state index contributed by atoms with van der Waals surface area (Å²) < 4.78 is 4.83. The predicted molar refractivity (Wildman–Crippen MR) is 77.0 cm³/mol. The Hall–Kier alpha value is -0.450. The molecule has 0 saturated carbocycles. The van der Waals surface area contributed by atoms with Crippen LogP contribution >= 0.6 is 0 Å². The van der Waals surface area contributed by atoms with Gasteiger partial charge in [0.05, 0.1) is 0 Å². The van der Waals surface area contributed by atoms with Crippen molar-refractivity contribution in [2.45, 2.75) is 67.2 Å². The van der Waals surface area contributed by atoms with E-state index in [2.05, 4.69) is 13.8 Å². The van der Waals surface area contributed by atoms with E-state index >= 15 is 0 Å². The van der Waals surface area contributed by atoms with Gasteiger partial charge in [-0.25, -0.2) is 0 Å². The fourth-order valence-corrected chi connectivity index (χ4v) is 0.704. The Morgan fingerprint density at radius 1 is 0.882 bits per heavy atom. The van der Waals surface area contributed by atoms with Gasteiger partial charge >= 0.3 is 0 Å². The van der Waals surface area contributed by atoms with Crippen LogP contribution in [-0.4, -0.2) is 24.5 Å². The van der Waals surface area contributed by atoms with Crippen LogP contribution in [0.5, 0.6) is 0 Å². The second-order valence-electron chi connectivity index (χ2n) is 3.40. The van der Waals surface area contributed by atoms with Crippen molar-refractivity contribution in [2.75, 3.05) is 13.2 Å². The molecule has 0 aromatic carbocycles. The van der Waals surface area contributed by atoms with Crippen LogP contribution in [0.1, 0.15) is 67.2 Å². The maximum absolute atomic E-state index is 9.44. The molecule has 0 saturated heterocycles. The molecule has 0 aliphatic heterocycles. The fourth-order valence-electron chi connectivity index (χ4n) is 0.704. The van der Waals surface area contributed by atoms with Crippen LogP contribution in [0.15, 0.2) is 0 Å². The largest absolute Gasteiger partial charge is 0.412 e. The number of Topliss-reactive ketones (excluding diaryl/α,β-unsaturated/α-hetero) is 1. The Morgan fingerprint density at radius 3 is 1.18 bits per heavy atom. The van der Waals surface area contributed by atoms with Crippen LogP contribution in [0.3, 0.4) is 0 Å². The molecule has 0 amide bonds. The number of unbranched alkanes of at least 4 members (excludes halogenated alkanes) is 3.